The van der Waals surface area contributed by atoms with Crippen LogP contribution < -0.4 is 0 Å². The molecule has 0 N–H and O–H groups in total. The summed E-state index contributed by atoms with van der Waals surface area (Å²) in [6.45, 7) is 5.25. The first-order chi connectivity index (χ1) is 8.95. The van der Waals surface area contributed by atoms with Gasteiger partial charge < -0.3 is 9.30 Å². The molecule has 1 saturated carbocycles. The minimum absolute atomic E-state index is 0.0113. The van der Waals surface area contributed by atoms with E-state index in [-0.39, 0.29) is 11.0 Å². The van der Waals surface area contributed by atoms with E-state index in [1.807, 2.05) is 13.2 Å². The molecular weight excluding hydrogens is 238 g/mol. The normalized spacial score (nSPS) is 23.8. The summed E-state index contributed by atoms with van der Waals surface area (Å²) < 4.78 is 7.97. The van der Waals surface area contributed by atoms with Gasteiger partial charge in [0.05, 0.1) is 12.1 Å². The third-order valence-corrected chi connectivity index (χ3v) is 4.82. The lowest BCUT2D eigenvalue weighted by Gasteiger charge is -2.41. The largest absolute Gasteiger partial charge is 0.376 e. The topological polar surface area (TPSA) is 31.2 Å². The molecule has 0 unspecified atom stereocenters. The van der Waals surface area contributed by atoms with Crippen LogP contribution in [0.2, 0.25) is 0 Å². The van der Waals surface area contributed by atoms with E-state index in [2.05, 4.69) is 24.6 Å². The Morgan fingerprint density at radius 2 is 2.05 bits per heavy atom. The second kappa shape index (κ2) is 4.20. The summed E-state index contributed by atoms with van der Waals surface area (Å²) in [4.78, 5) is 12.2. The highest BCUT2D eigenvalue weighted by atomic mass is 16.5. The van der Waals surface area contributed by atoms with Crippen LogP contribution >= 0.6 is 0 Å². The van der Waals surface area contributed by atoms with Crippen molar-refractivity contribution < 1.29 is 9.53 Å². The molecule has 1 heterocycles. The lowest BCUT2D eigenvalue weighted by molar-refractivity contribution is -0.0840. The van der Waals surface area contributed by atoms with Crippen molar-refractivity contribution in [1.29, 1.82) is 0 Å². The van der Waals surface area contributed by atoms with Crippen LogP contribution in [0.15, 0.2) is 12.3 Å². The fourth-order valence-electron chi connectivity index (χ4n) is 3.46. The van der Waals surface area contributed by atoms with Crippen molar-refractivity contribution >= 4 is 5.78 Å². The van der Waals surface area contributed by atoms with Crippen LogP contribution in [0.25, 0.3) is 0 Å². The van der Waals surface area contributed by atoms with Crippen LogP contribution in [0.1, 0.15) is 55.6 Å². The van der Waals surface area contributed by atoms with Gasteiger partial charge in [-0.2, -0.15) is 0 Å². The number of hydrogen-bond acceptors (Lipinski definition) is 2. The molecule has 0 radical (unpaired) electrons. The zero-order valence-electron chi connectivity index (χ0n) is 12.2. The van der Waals surface area contributed by atoms with Crippen LogP contribution in [-0.4, -0.2) is 23.1 Å². The molecule has 0 aromatic carbocycles. The molecule has 3 nitrogen and oxygen atoms in total. The van der Waals surface area contributed by atoms with E-state index in [4.69, 9.17) is 4.74 Å². The number of hydrogen-bond donors (Lipinski definition) is 0. The Morgan fingerprint density at radius 3 is 2.63 bits per heavy atom. The fraction of sp³-hybridized carbons (Fsp3) is 0.688. The lowest BCUT2D eigenvalue weighted by atomic mass is 9.76. The van der Waals surface area contributed by atoms with Crippen LogP contribution in [0.4, 0.5) is 0 Å². The Labute approximate surface area is 114 Å². The molecule has 2 aliphatic carbocycles. The standard InChI is InChI=1S/C16H23NO2/c1-15(2)9-13-12(14(18)10-15)5-8-17(13)11-16(19-3)6-4-7-16/h5,8H,4,6-7,9-11H2,1-3H3. The quantitative estimate of drug-likeness (QED) is 0.836. The van der Waals surface area contributed by atoms with E-state index < -0.39 is 0 Å². The molecule has 0 amide bonds. The number of carbonyl (C=O) groups excluding carboxylic acids is 1. The maximum Gasteiger partial charge on any atom is 0.165 e. The van der Waals surface area contributed by atoms with E-state index >= 15 is 0 Å². The molecule has 104 valence electrons. The van der Waals surface area contributed by atoms with Gasteiger partial charge in [-0.05, 0) is 37.2 Å². The Bertz CT molecular complexity index is 503. The zero-order valence-corrected chi connectivity index (χ0v) is 12.2. The molecule has 19 heavy (non-hydrogen) atoms. The van der Waals surface area contributed by atoms with Gasteiger partial charge in [-0.1, -0.05) is 13.8 Å². The van der Waals surface area contributed by atoms with Gasteiger partial charge in [-0.3, -0.25) is 4.79 Å². The van der Waals surface area contributed by atoms with Crippen LogP contribution in [0, 0.1) is 5.41 Å². The Morgan fingerprint density at radius 1 is 1.32 bits per heavy atom. The minimum Gasteiger partial charge on any atom is -0.376 e. The number of ketones is 1. The maximum absolute atomic E-state index is 12.2. The van der Waals surface area contributed by atoms with Gasteiger partial charge in [0.1, 0.15) is 0 Å². The van der Waals surface area contributed by atoms with Gasteiger partial charge in [0.15, 0.2) is 5.78 Å². The Balaban J connectivity index is 1.91. The van der Waals surface area contributed by atoms with Gasteiger partial charge >= 0.3 is 0 Å². The number of aromatic nitrogens is 1. The summed E-state index contributed by atoms with van der Waals surface area (Å²) in [5.74, 6) is 0.296. The molecule has 0 saturated heterocycles. The molecule has 0 aliphatic heterocycles. The summed E-state index contributed by atoms with van der Waals surface area (Å²) in [6, 6.07) is 1.99. The number of fused-ring (bicyclic) bond motifs is 1. The van der Waals surface area contributed by atoms with E-state index in [1.54, 1.807) is 0 Å². The third kappa shape index (κ3) is 2.14. The second-order valence-electron chi connectivity index (χ2n) is 6.99. The number of Topliss-reactive ketones (excluding diaryl/α,β-unsaturated/α-hetero) is 1. The summed E-state index contributed by atoms with van der Waals surface area (Å²) >= 11 is 0. The number of rotatable bonds is 3. The van der Waals surface area contributed by atoms with Gasteiger partial charge in [0.2, 0.25) is 0 Å². The summed E-state index contributed by atoms with van der Waals surface area (Å²) in [6.07, 6.45) is 7.24. The predicted octanol–water partition coefficient (Wildman–Crippen LogP) is 3.21. The minimum atomic E-state index is 0.0113. The van der Waals surface area contributed by atoms with Crippen molar-refractivity contribution in [2.24, 2.45) is 5.41 Å². The summed E-state index contributed by atoms with van der Waals surface area (Å²) in [7, 11) is 1.81. The van der Waals surface area contributed by atoms with Crippen molar-refractivity contribution in [3.8, 4) is 0 Å². The van der Waals surface area contributed by atoms with Gasteiger partial charge in [0, 0.05) is 31.0 Å². The SMILES string of the molecule is COC1(Cn2ccc3c2CC(C)(C)CC3=O)CCC1. The average Bonchev–Trinajstić information content (AvgIpc) is 2.65. The van der Waals surface area contributed by atoms with E-state index in [0.717, 1.165) is 31.4 Å². The van der Waals surface area contributed by atoms with E-state index in [0.29, 0.717) is 12.2 Å². The molecule has 1 aromatic rings. The average molecular weight is 261 g/mol. The van der Waals surface area contributed by atoms with Crippen molar-refractivity contribution in [1.82, 2.24) is 4.57 Å². The smallest absolute Gasteiger partial charge is 0.165 e. The molecule has 0 atom stereocenters. The summed E-state index contributed by atoms with van der Waals surface area (Å²) in [5, 5.41) is 0. The van der Waals surface area contributed by atoms with Crippen molar-refractivity contribution in [3.05, 3.63) is 23.5 Å². The van der Waals surface area contributed by atoms with Crippen LogP contribution in [0.3, 0.4) is 0 Å². The zero-order chi connectivity index (χ0) is 13.7. The van der Waals surface area contributed by atoms with Gasteiger partial charge in [-0.15, -0.1) is 0 Å². The van der Waals surface area contributed by atoms with Crippen molar-refractivity contribution in [2.45, 2.75) is 58.1 Å². The van der Waals surface area contributed by atoms with Crippen LogP contribution in [0.5, 0.6) is 0 Å². The molecule has 1 fully saturated rings. The number of ether oxygens (including phenoxy) is 1. The van der Waals surface area contributed by atoms with Crippen LogP contribution in [-0.2, 0) is 17.7 Å². The molecule has 1 aromatic heterocycles. The highest BCUT2D eigenvalue weighted by molar-refractivity contribution is 5.98. The number of carbonyl (C=O) groups is 1. The Hall–Kier alpha value is -1.09. The fourth-order valence-corrected chi connectivity index (χ4v) is 3.46. The highest BCUT2D eigenvalue weighted by Crippen LogP contribution is 2.39. The molecule has 2 aliphatic rings. The number of methoxy groups -OCH3 is 1. The lowest BCUT2D eigenvalue weighted by Crippen LogP contribution is -2.43. The van der Waals surface area contributed by atoms with Crippen molar-refractivity contribution in [3.63, 3.8) is 0 Å². The van der Waals surface area contributed by atoms with Gasteiger partial charge in [0.25, 0.3) is 0 Å². The number of nitrogens with zero attached hydrogens (tertiary/aromatic N) is 1. The maximum atomic E-state index is 12.2. The second-order valence-corrected chi connectivity index (χ2v) is 6.99. The van der Waals surface area contributed by atoms with Gasteiger partial charge in [-0.25, -0.2) is 0 Å². The predicted molar refractivity (Wildman–Crippen MR) is 74.5 cm³/mol. The van der Waals surface area contributed by atoms with E-state index in [9.17, 15) is 4.79 Å². The molecule has 0 bridgehead atoms. The molecule has 0 spiro atoms. The van der Waals surface area contributed by atoms with Crippen molar-refractivity contribution in [2.75, 3.05) is 7.11 Å². The Kier molecular flexibility index (Phi) is 2.86. The molecular formula is C16H23NO2. The molecule has 3 heteroatoms. The highest BCUT2D eigenvalue weighted by Gasteiger charge is 2.39. The van der Waals surface area contributed by atoms with E-state index in [1.165, 1.54) is 12.1 Å². The summed E-state index contributed by atoms with van der Waals surface area (Å²) in [5.41, 5.74) is 2.24. The third-order valence-electron chi connectivity index (χ3n) is 4.82. The monoisotopic (exact) mass is 261 g/mol. The first-order valence-electron chi connectivity index (χ1n) is 7.21. The first-order valence-corrected chi connectivity index (χ1v) is 7.21. The first kappa shape index (κ1) is 12.9. The molecule has 3 rings (SSSR count).